The Bertz CT molecular complexity index is 373. The maximum absolute atomic E-state index is 10.8. The lowest BCUT2D eigenvalue weighted by Crippen LogP contribution is -1.86. The number of ketones is 1. The minimum Gasteiger partial charge on any atom is -0.295 e. The van der Waals surface area contributed by atoms with Crippen LogP contribution in [0, 0.1) is 0 Å². The summed E-state index contributed by atoms with van der Waals surface area (Å²) in [6.07, 6.45) is 6.16. The summed E-state index contributed by atoms with van der Waals surface area (Å²) in [4.78, 5) is 10.8. The first-order valence-electron chi connectivity index (χ1n) is 5.05. The van der Waals surface area contributed by atoms with E-state index in [-0.39, 0.29) is 5.78 Å². The molecule has 1 fully saturated rings. The molecule has 0 aliphatic heterocycles. The van der Waals surface area contributed by atoms with E-state index in [0.29, 0.717) is 0 Å². The van der Waals surface area contributed by atoms with Crippen molar-refractivity contribution in [1.29, 1.82) is 0 Å². The molecular weight excluding hydrogens is 172 g/mol. The molecule has 1 heteroatoms. The van der Waals surface area contributed by atoms with Gasteiger partial charge in [0, 0.05) is 0 Å². The maximum Gasteiger partial charge on any atom is 0.152 e. The van der Waals surface area contributed by atoms with Crippen molar-refractivity contribution in [2.24, 2.45) is 0 Å². The zero-order valence-electron chi connectivity index (χ0n) is 8.36. The van der Waals surface area contributed by atoms with Gasteiger partial charge >= 0.3 is 0 Å². The molecule has 0 saturated heterocycles. The first kappa shape index (κ1) is 9.20. The average Bonchev–Trinajstić information content (AvgIpc) is 2.98. The van der Waals surface area contributed by atoms with Crippen LogP contribution in [0.5, 0.6) is 0 Å². The van der Waals surface area contributed by atoms with Crippen molar-refractivity contribution >= 4 is 11.9 Å². The Kier molecular flexibility index (Phi) is 2.49. The third kappa shape index (κ3) is 2.11. The van der Waals surface area contributed by atoms with Crippen LogP contribution in [-0.4, -0.2) is 5.78 Å². The van der Waals surface area contributed by atoms with Crippen LogP contribution in [-0.2, 0) is 4.79 Å². The second kappa shape index (κ2) is 3.79. The standard InChI is InChI=1S/C13H14O/c1-10(14)6-7-11-4-2-3-5-13(11)12-8-9-12/h2-7,12H,8-9H2,1H3/b7-6+. The van der Waals surface area contributed by atoms with Gasteiger partial charge in [0.15, 0.2) is 5.78 Å². The largest absolute Gasteiger partial charge is 0.295 e. The number of carbonyl (C=O) groups is 1. The van der Waals surface area contributed by atoms with Gasteiger partial charge in [0.1, 0.15) is 0 Å². The number of carbonyl (C=O) groups excluding carboxylic acids is 1. The molecule has 0 N–H and O–H groups in total. The van der Waals surface area contributed by atoms with Crippen molar-refractivity contribution in [3.8, 4) is 0 Å². The molecule has 0 amide bonds. The summed E-state index contributed by atoms with van der Waals surface area (Å²) in [7, 11) is 0. The van der Waals surface area contributed by atoms with E-state index in [0.717, 1.165) is 5.92 Å². The molecule has 72 valence electrons. The van der Waals surface area contributed by atoms with Crippen molar-refractivity contribution in [1.82, 2.24) is 0 Å². The molecule has 1 aromatic rings. The van der Waals surface area contributed by atoms with Gasteiger partial charge in [0.05, 0.1) is 0 Å². The smallest absolute Gasteiger partial charge is 0.152 e. The van der Waals surface area contributed by atoms with Crippen LogP contribution in [0.3, 0.4) is 0 Å². The van der Waals surface area contributed by atoms with Gasteiger partial charge in [-0.15, -0.1) is 0 Å². The fourth-order valence-corrected chi connectivity index (χ4v) is 1.64. The zero-order chi connectivity index (χ0) is 9.97. The van der Waals surface area contributed by atoms with E-state index in [1.807, 2.05) is 12.1 Å². The Morgan fingerprint density at radius 2 is 2.07 bits per heavy atom. The summed E-state index contributed by atoms with van der Waals surface area (Å²) in [5.41, 5.74) is 2.59. The Morgan fingerprint density at radius 3 is 2.71 bits per heavy atom. The van der Waals surface area contributed by atoms with E-state index in [1.165, 1.54) is 24.0 Å². The van der Waals surface area contributed by atoms with Gasteiger partial charge in [0.25, 0.3) is 0 Å². The van der Waals surface area contributed by atoms with Gasteiger partial charge in [-0.2, -0.15) is 0 Å². The summed E-state index contributed by atoms with van der Waals surface area (Å²) in [6.45, 7) is 1.58. The molecule has 0 spiro atoms. The van der Waals surface area contributed by atoms with E-state index in [1.54, 1.807) is 13.0 Å². The van der Waals surface area contributed by atoms with E-state index in [2.05, 4.69) is 18.2 Å². The highest BCUT2D eigenvalue weighted by Crippen LogP contribution is 2.41. The van der Waals surface area contributed by atoms with Crippen molar-refractivity contribution in [2.75, 3.05) is 0 Å². The highest BCUT2D eigenvalue weighted by Gasteiger charge is 2.24. The number of hydrogen-bond acceptors (Lipinski definition) is 1. The normalized spacial score (nSPS) is 16.1. The topological polar surface area (TPSA) is 17.1 Å². The number of allylic oxidation sites excluding steroid dienone is 1. The van der Waals surface area contributed by atoms with Gasteiger partial charge in [-0.3, -0.25) is 4.79 Å². The van der Waals surface area contributed by atoms with E-state index in [4.69, 9.17) is 0 Å². The first-order chi connectivity index (χ1) is 6.77. The molecule has 1 aromatic carbocycles. The van der Waals surface area contributed by atoms with Crippen LogP contribution < -0.4 is 0 Å². The molecular formula is C13H14O. The average molecular weight is 186 g/mol. The van der Waals surface area contributed by atoms with Crippen molar-refractivity contribution in [2.45, 2.75) is 25.7 Å². The van der Waals surface area contributed by atoms with Crippen LogP contribution in [0.1, 0.15) is 36.8 Å². The molecule has 0 aromatic heterocycles. The van der Waals surface area contributed by atoms with Gasteiger partial charge in [-0.05, 0) is 42.9 Å². The van der Waals surface area contributed by atoms with Gasteiger partial charge in [0.2, 0.25) is 0 Å². The lowest BCUT2D eigenvalue weighted by Gasteiger charge is -2.02. The Labute approximate surface area is 84.5 Å². The zero-order valence-corrected chi connectivity index (χ0v) is 8.36. The van der Waals surface area contributed by atoms with Crippen molar-refractivity contribution in [3.63, 3.8) is 0 Å². The third-order valence-electron chi connectivity index (χ3n) is 2.51. The summed E-state index contributed by atoms with van der Waals surface area (Å²) in [5.74, 6) is 0.846. The van der Waals surface area contributed by atoms with Gasteiger partial charge in [-0.1, -0.05) is 30.3 Å². The lowest BCUT2D eigenvalue weighted by atomic mass is 10.0. The SMILES string of the molecule is CC(=O)/C=C/c1ccccc1C1CC1. The van der Waals surface area contributed by atoms with Crippen LogP contribution in [0.25, 0.3) is 6.08 Å². The Balaban J connectivity index is 2.27. The quantitative estimate of drug-likeness (QED) is 0.663. The summed E-state index contributed by atoms with van der Waals surface area (Å²) < 4.78 is 0. The third-order valence-corrected chi connectivity index (χ3v) is 2.51. The summed E-state index contributed by atoms with van der Waals surface area (Å²) >= 11 is 0. The Morgan fingerprint density at radius 1 is 1.36 bits per heavy atom. The molecule has 0 radical (unpaired) electrons. The lowest BCUT2D eigenvalue weighted by molar-refractivity contribution is -0.112. The van der Waals surface area contributed by atoms with E-state index >= 15 is 0 Å². The number of benzene rings is 1. The molecule has 1 aliphatic carbocycles. The molecule has 0 bridgehead atoms. The molecule has 1 saturated carbocycles. The Hall–Kier alpha value is -1.37. The summed E-state index contributed by atoms with van der Waals surface area (Å²) in [6, 6.07) is 8.33. The fourth-order valence-electron chi connectivity index (χ4n) is 1.64. The predicted octanol–water partition coefficient (Wildman–Crippen LogP) is 3.17. The van der Waals surface area contributed by atoms with Gasteiger partial charge < -0.3 is 0 Å². The minimum atomic E-state index is 0.107. The first-order valence-corrected chi connectivity index (χ1v) is 5.05. The monoisotopic (exact) mass is 186 g/mol. The molecule has 14 heavy (non-hydrogen) atoms. The predicted molar refractivity (Wildman–Crippen MR) is 58.1 cm³/mol. The second-order valence-electron chi connectivity index (χ2n) is 3.85. The highest BCUT2D eigenvalue weighted by molar-refractivity contribution is 5.91. The second-order valence-corrected chi connectivity index (χ2v) is 3.85. The highest BCUT2D eigenvalue weighted by atomic mass is 16.1. The van der Waals surface area contributed by atoms with Crippen LogP contribution in [0.4, 0.5) is 0 Å². The number of rotatable bonds is 3. The van der Waals surface area contributed by atoms with Crippen LogP contribution >= 0.6 is 0 Å². The maximum atomic E-state index is 10.8. The van der Waals surface area contributed by atoms with Crippen molar-refractivity contribution < 1.29 is 4.79 Å². The molecule has 1 aliphatic rings. The van der Waals surface area contributed by atoms with E-state index < -0.39 is 0 Å². The minimum absolute atomic E-state index is 0.107. The van der Waals surface area contributed by atoms with E-state index in [9.17, 15) is 4.79 Å². The van der Waals surface area contributed by atoms with Gasteiger partial charge in [-0.25, -0.2) is 0 Å². The number of hydrogen-bond donors (Lipinski definition) is 0. The molecule has 1 nitrogen and oxygen atoms in total. The fraction of sp³-hybridized carbons (Fsp3) is 0.308. The molecule has 0 atom stereocenters. The molecule has 2 rings (SSSR count). The molecule has 0 unspecified atom stereocenters. The van der Waals surface area contributed by atoms with Crippen molar-refractivity contribution in [3.05, 3.63) is 41.5 Å². The molecule has 0 heterocycles. The van der Waals surface area contributed by atoms with Crippen LogP contribution in [0.15, 0.2) is 30.3 Å². The summed E-state index contributed by atoms with van der Waals surface area (Å²) in [5, 5.41) is 0. The van der Waals surface area contributed by atoms with Crippen LogP contribution in [0.2, 0.25) is 0 Å².